The molecule has 1 aliphatic heterocycles. The molecule has 3 aromatic rings. The van der Waals surface area contributed by atoms with Gasteiger partial charge in [-0.15, -0.1) is 0 Å². The van der Waals surface area contributed by atoms with Crippen molar-refractivity contribution in [3.8, 4) is 0 Å². The monoisotopic (exact) mass is 473 g/mol. The molecule has 1 fully saturated rings. The number of likely N-dealkylation sites (tertiary alicyclic amines) is 1. The Morgan fingerprint density at radius 3 is 2.23 bits per heavy atom. The molecule has 7 heteroatoms. The van der Waals surface area contributed by atoms with Crippen molar-refractivity contribution in [3.05, 3.63) is 101 Å². The minimum absolute atomic E-state index is 0.162. The summed E-state index contributed by atoms with van der Waals surface area (Å²) in [6.07, 6.45) is 1.03. The van der Waals surface area contributed by atoms with Crippen molar-refractivity contribution >= 4 is 23.4 Å². The molecule has 0 radical (unpaired) electrons. The highest BCUT2D eigenvalue weighted by atomic mass is 19.1. The lowest BCUT2D eigenvalue weighted by molar-refractivity contribution is -0.121. The Balaban J connectivity index is 1.36. The van der Waals surface area contributed by atoms with E-state index >= 15 is 0 Å². The van der Waals surface area contributed by atoms with Gasteiger partial charge in [0.15, 0.2) is 0 Å². The van der Waals surface area contributed by atoms with Crippen LogP contribution in [-0.2, 0) is 11.3 Å². The largest absolute Gasteiger partial charge is 0.339 e. The van der Waals surface area contributed by atoms with Gasteiger partial charge in [-0.25, -0.2) is 4.39 Å². The molecular formula is C28H28FN3O3. The van der Waals surface area contributed by atoms with Crippen LogP contribution >= 0.6 is 0 Å². The second kappa shape index (κ2) is 11.0. The highest BCUT2D eigenvalue weighted by Crippen LogP contribution is 2.23. The molecule has 1 N–H and O–H groups in total. The first kappa shape index (κ1) is 24.1. The molecule has 0 spiro atoms. The number of halogens is 1. The van der Waals surface area contributed by atoms with Crippen molar-refractivity contribution in [2.75, 3.05) is 25.5 Å². The van der Waals surface area contributed by atoms with Crippen molar-refractivity contribution in [1.82, 2.24) is 9.80 Å². The molecule has 6 nitrogen and oxygen atoms in total. The number of para-hydroxylation sites is 1. The van der Waals surface area contributed by atoms with E-state index in [0.29, 0.717) is 49.3 Å². The molecule has 1 aliphatic rings. The number of piperidine rings is 1. The Morgan fingerprint density at radius 2 is 1.54 bits per heavy atom. The van der Waals surface area contributed by atoms with Gasteiger partial charge in [0, 0.05) is 38.2 Å². The average molecular weight is 474 g/mol. The number of carbonyl (C=O) groups is 3. The number of hydrogen-bond donors (Lipinski definition) is 1. The van der Waals surface area contributed by atoms with E-state index in [2.05, 4.69) is 5.32 Å². The Morgan fingerprint density at radius 1 is 0.914 bits per heavy atom. The predicted octanol–water partition coefficient (Wildman–Crippen LogP) is 4.59. The third-order valence-electron chi connectivity index (χ3n) is 6.27. The first-order valence-corrected chi connectivity index (χ1v) is 11.7. The fourth-order valence-corrected chi connectivity index (χ4v) is 4.27. The summed E-state index contributed by atoms with van der Waals surface area (Å²) < 4.78 is 13.1. The van der Waals surface area contributed by atoms with Gasteiger partial charge in [0.05, 0.1) is 11.3 Å². The summed E-state index contributed by atoms with van der Waals surface area (Å²) in [5.41, 5.74) is 2.36. The SMILES string of the molecule is CN(Cc1ccccc1)C(=O)c1ccccc1NC(=O)C1CCN(C(=O)c2ccc(F)cc2)CC1. The zero-order valence-corrected chi connectivity index (χ0v) is 19.6. The second-order valence-electron chi connectivity index (χ2n) is 8.76. The quantitative estimate of drug-likeness (QED) is 0.569. The van der Waals surface area contributed by atoms with Crippen LogP contribution in [0.2, 0.25) is 0 Å². The zero-order chi connectivity index (χ0) is 24.8. The van der Waals surface area contributed by atoms with Crippen LogP contribution in [0.4, 0.5) is 10.1 Å². The highest BCUT2D eigenvalue weighted by molar-refractivity contribution is 6.04. The fraction of sp³-hybridized carbons (Fsp3) is 0.250. The van der Waals surface area contributed by atoms with E-state index in [-0.39, 0.29) is 29.5 Å². The molecule has 0 aromatic heterocycles. The number of nitrogens with zero attached hydrogens (tertiary/aromatic N) is 2. The molecule has 0 bridgehead atoms. The van der Waals surface area contributed by atoms with Crippen LogP contribution in [0.5, 0.6) is 0 Å². The average Bonchev–Trinajstić information content (AvgIpc) is 2.89. The van der Waals surface area contributed by atoms with Gasteiger partial charge in [0.2, 0.25) is 5.91 Å². The van der Waals surface area contributed by atoms with Crippen molar-refractivity contribution < 1.29 is 18.8 Å². The molecule has 0 saturated carbocycles. The van der Waals surface area contributed by atoms with Gasteiger partial charge in [-0.3, -0.25) is 14.4 Å². The number of amides is 3. The van der Waals surface area contributed by atoms with E-state index in [1.807, 2.05) is 30.3 Å². The van der Waals surface area contributed by atoms with Crippen molar-refractivity contribution in [3.63, 3.8) is 0 Å². The van der Waals surface area contributed by atoms with Gasteiger partial charge >= 0.3 is 0 Å². The second-order valence-corrected chi connectivity index (χ2v) is 8.76. The maximum atomic E-state index is 13.1. The number of carbonyl (C=O) groups excluding carboxylic acids is 3. The highest BCUT2D eigenvalue weighted by Gasteiger charge is 2.28. The summed E-state index contributed by atoms with van der Waals surface area (Å²) in [5, 5.41) is 2.93. The maximum Gasteiger partial charge on any atom is 0.256 e. The first-order valence-electron chi connectivity index (χ1n) is 11.7. The van der Waals surface area contributed by atoms with Crippen LogP contribution in [0.15, 0.2) is 78.9 Å². The molecule has 0 unspecified atom stereocenters. The summed E-state index contributed by atoms with van der Waals surface area (Å²) in [5.74, 6) is -1.16. The van der Waals surface area contributed by atoms with Crippen LogP contribution in [0.1, 0.15) is 39.1 Å². The van der Waals surface area contributed by atoms with Crippen LogP contribution in [0, 0.1) is 11.7 Å². The standard InChI is InChI=1S/C28H28FN3O3/c1-31(19-20-7-3-2-4-8-20)28(35)24-9-5-6-10-25(24)30-26(33)21-15-17-32(18-16-21)27(34)22-11-13-23(29)14-12-22/h2-14,21H,15-19H2,1H3,(H,30,33). The fourth-order valence-electron chi connectivity index (χ4n) is 4.27. The van der Waals surface area contributed by atoms with Crippen molar-refractivity contribution in [2.45, 2.75) is 19.4 Å². The van der Waals surface area contributed by atoms with Crippen molar-refractivity contribution in [2.24, 2.45) is 5.92 Å². The Hall–Kier alpha value is -4.00. The third kappa shape index (κ3) is 5.93. The van der Waals surface area contributed by atoms with Crippen LogP contribution in [0.25, 0.3) is 0 Å². The minimum Gasteiger partial charge on any atom is -0.339 e. The molecular weight excluding hydrogens is 445 g/mol. The summed E-state index contributed by atoms with van der Waals surface area (Å²) in [4.78, 5) is 42.1. The first-order chi connectivity index (χ1) is 16.9. The number of nitrogens with one attached hydrogen (secondary N) is 1. The van der Waals surface area contributed by atoms with Crippen LogP contribution in [0.3, 0.4) is 0 Å². The van der Waals surface area contributed by atoms with Gasteiger partial charge in [-0.1, -0.05) is 42.5 Å². The van der Waals surface area contributed by atoms with E-state index in [1.165, 1.54) is 24.3 Å². The smallest absolute Gasteiger partial charge is 0.256 e. The number of anilines is 1. The summed E-state index contributed by atoms with van der Waals surface area (Å²) >= 11 is 0. The zero-order valence-electron chi connectivity index (χ0n) is 19.6. The Bertz CT molecular complexity index is 1190. The lowest BCUT2D eigenvalue weighted by Gasteiger charge is -2.31. The van der Waals surface area contributed by atoms with Gasteiger partial charge in [0.25, 0.3) is 11.8 Å². The van der Waals surface area contributed by atoms with Crippen LogP contribution < -0.4 is 5.32 Å². The normalized spacial score (nSPS) is 13.8. The molecule has 35 heavy (non-hydrogen) atoms. The maximum absolute atomic E-state index is 13.1. The topological polar surface area (TPSA) is 69.7 Å². The van der Waals surface area contributed by atoms with Gasteiger partial charge in [0.1, 0.15) is 5.82 Å². The van der Waals surface area contributed by atoms with Gasteiger partial charge < -0.3 is 15.1 Å². The van der Waals surface area contributed by atoms with E-state index in [4.69, 9.17) is 0 Å². The van der Waals surface area contributed by atoms with E-state index in [0.717, 1.165) is 5.56 Å². The number of rotatable bonds is 6. The molecule has 1 heterocycles. The Kier molecular flexibility index (Phi) is 7.55. The number of hydrogen-bond acceptors (Lipinski definition) is 3. The summed E-state index contributed by atoms with van der Waals surface area (Å²) in [7, 11) is 1.74. The summed E-state index contributed by atoms with van der Waals surface area (Å²) in [6, 6.07) is 22.2. The number of benzene rings is 3. The lowest BCUT2D eigenvalue weighted by Crippen LogP contribution is -2.41. The lowest BCUT2D eigenvalue weighted by atomic mass is 9.95. The molecule has 3 aromatic carbocycles. The van der Waals surface area contributed by atoms with Crippen molar-refractivity contribution in [1.29, 1.82) is 0 Å². The molecule has 1 saturated heterocycles. The van der Waals surface area contributed by atoms with Gasteiger partial charge in [-0.05, 0) is 54.8 Å². The van der Waals surface area contributed by atoms with Gasteiger partial charge in [-0.2, -0.15) is 0 Å². The molecule has 0 atom stereocenters. The minimum atomic E-state index is -0.387. The molecule has 0 aliphatic carbocycles. The predicted molar refractivity (Wildman–Crippen MR) is 132 cm³/mol. The van der Waals surface area contributed by atoms with E-state index in [1.54, 1.807) is 41.1 Å². The third-order valence-corrected chi connectivity index (χ3v) is 6.27. The van der Waals surface area contributed by atoms with E-state index < -0.39 is 0 Å². The molecule has 4 rings (SSSR count). The van der Waals surface area contributed by atoms with E-state index in [9.17, 15) is 18.8 Å². The van der Waals surface area contributed by atoms with Crippen LogP contribution in [-0.4, -0.2) is 47.7 Å². The molecule has 180 valence electrons. The Labute approximate surface area is 204 Å². The molecule has 3 amide bonds. The summed E-state index contributed by atoms with van der Waals surface area (Å²) in [6.45, 7) is 1.34.